The molecule has 1 saturated heterocycles. The van der Waals surface area contributed by atoms with E-state index in [9.17, 15) is 4.79 Å². The number of nitrogens with zero attached hydrogens (tertiary/aromatic N) is 5. The fourth-order valence-corrected chi connectivity index (χ4v) is 6.66. The predicted octanol–water partition coefficient (Wildman–Crippen LogP) is 7.33. The molecule has 2 aromatic carbocycles. The highest BCUT2D eigenvalue weighted by Crippen LogP contribution is 2.44. The number of carbonyl (C=O) groups is 1. The maximum atomic E-state index is 13.2. The first-order chi connectivity index (χ1) is 20.2. The summed E-state index contributed by atoms with van der Waals surface area (Å²) in [5.74, 6) is 0.258. The van der Waals surface area contributed by atoms with Crippen LogP contribution in [0.5, 0.6) is 0 Å². The minimum Gasteiger partial charge on any atom is -0.467 e. The molecule has 0 bridgehead atoms. The molecule has 0 spiro atoms. The average molecular weight is 622 g/mol. The van der Waals surface area contributed by atoms with Gasteiger partial charge in [0.1, 0.15) is 10.7 Å². The molecular formula is C33H40ClN5O3S. The van der Waals surface area contributed by atoms with E-state index in [4.69, 9.17) is 31.0 Å². The molecule has 1 fully saturated rings. The minimum atomic E-state index is -0.928. The highest BCUT2D eigenvalue weighted by atomic mass is 35.5. The summed E-state index contributed by atoms with van der Waals surface area (Å²) >= 11 is 7.82. The van der Waals surface area contributed by atoms with E-state index < -0.39 is 17.7 Å². The Bertz CT molecular complexity index is 1620. The minimum absolute atomic E-state index is 0.138. The van der Waals surface area contributed by atoms with E-state index in [0.29, 0.717) is 11.0 Å². The number of fused-ring (bicyclic) bond motifs is 1. The Morgan fingerprint density at radius 2 is 1.67 bits per heavy atom. The zero-order valence-electron chi connectivity index (χ0n) is 26.2. The molecule has 8 nitrogen and oxygen atoms in total. The number of hydrogen-bond donors (Lipinski definition) is 0. The van der Waals surface area contributed by atoms with E-state index in [1.165, 1.54) is 7.11 Å². The van der Waals surface area contributed by atoms with Gasteiger partial charge in [0.15, 0.2) is 6.10 Å². The number of ether oxygens (including phenoxy) is 2. The number of hydrogen-bond acceptors (Lipinski definition) is 9. The molecule has 1 atom stereocenters. The summed E-state index contributed by atoms with van der Waals surface area (Å²) in [7, 11) is 1.39. The maximum Gasteiger partial charge on any atom is 0.339 e. The molecule has 3 heterocycles. The molecule has 10 heteroatoms. The van der Waals surface area contributed by atoms with Crippen molar-refractivity contribution in [2.24, 2.45) is 0 Å². The Balaban J connectivity index is 1.61. The largest absolute Gasteiger partial charge is 0.467 e. The molecule has 0 radical (unpaired) electrons. The molecule has 5 rings (SSSR count). The number of rotatable bonds is 6. The van der Waals surface area contributed by atoms with Crippen LogP contribution in [0, 0.1) is 6.92 Å². The normalized spacial score (nSPS) is 15.6. The van der Waals surface area contributed by atoms with E-state index in [2.05, 4.69) is 35.6 Å². The number of benzene rings is 2. The Labute approximate surface area is 263 Å². The molecule has 1 aliphatic heterocycles. The molecule has 1 aliphatic rings. The highest BCUT2D eigenvalue weighted by molar-refractivity contribution is 7.22. The summed E-state index contributed by atoms with van der Waals surface area (Å²) in [5.41, 5.74) is 4.56. The number of methoxy groups -OCH3 is 1. The van der Waals surface area contributed by atoms with E-state index in [-0.39, 0.29) is 5.54 Å². The van der Waals surface area contributed by atoms with Gasteiger partial charge in [-0.05, 0) is 83.9 Å². The van der Waals surface area contributed by atoms with Crippen LogP contribution < -0.4 is 4.90 Å². The number of thiazole rings is 1. The third-order valence-electron chi connectivity index (χ3n) is 7.58. The van der Waals surface area contributed by atoms with Crippen LogP contribution in [0.4, 0.5) is 5.95 Å². The lowest BCUT2D eigenvalue weighted by Crippen LogP contribution is -2.53. The number of piperazine rings is 1. The second-order valence-corrected chi connectivity index (χ2v) is 14.3. The number of halogens is 1. The Morgan fingerprint density at radius 1 is 1.00 bits per heavy atom. The number of aryl methyl sites for hydroxylation is 1. The second kappa shape index (κ2) is 12.1. The van der Waals surface area contributed by atoms with Gasteiger partial charge in [0, 0.05) is 54.1 Å². The van der Waals surface area contributed by atoms with Crippen molar-refractivity contribution in [1.29, 1.82) is 0 Å². The Morgan fingerprint density at radius 3 is 2.28 bits per heavy atom. The summed E-state index contributed by atoms with van der Waals surface area (Å²) in [6, 6.07) is 11.5. The Hall–Kier alpha value is -3.11. The van der Waals surface area contributed by atoms with Crippen LogP contribution in [0.3, 0.4) is 0 Å². The smallest absolute Gasteiger partial charge is 0.339 e. The van der Waals surface area contributed by atoms with E-state index in [0.717, 1.165) is 69.4 Å². The molecule has 43 heavy (non-hydrogen) atoms. The van der Waals surface area contributed by atoms with Crippen LogP contribution in [0.2, 0.25) is 5.02 Å². The van der Waals surface area contributed by atoms with Crippen LogP contribution in [-0.2, 0) is 14.3 Å². The lowest BCUT2D eigenvalue weighted by atomic mass is 9.91. The van der Waals surface area contributed by atoms with Gasteiger partial charge in [-0.1, -0.05) is 23.7 Å². The third-order valence-corrected chi connectivity index (χ3v) is 8.95. The highest BCUT2D eigenvalue weighted by Gasteiger charge is 2.33. The summed E-state index contributed by atoms with van der Waals surface area (Å²) in [4.78, 5) is 32.5. The maximum absolute atomic E-state index is 13.2. The molecule has 0 saturated carbocycles. The van der Waals surface area contributed by atoms with Gasteiger partial charge >= 0.3 is 5.97 Å². The van der Waals surface area contributed by atoms with Crippen LogP contribution in [0.1, 0.15) is 58.8 Å². The summed E-state index contributed by atoms with van der Waals surface area (Å²) in [6.45, 7) is 18.2. The molecule has 4 aromatic rings. The number of esters is 1. The topological polar surface area (TPSA) is 80.7 Å². The van der Waals surface area contributed by atoms with Crippen LogP contribution in [0.25, 0.3) is 32.0 Å². The zero-order chi connectivity index (χ0) is 31.1. The first-order valence-corrected chi connectivity index (χ1v) is 15.7. The molecule has 228 valence electrons. The van der Waals surface area contributed by atoms with Gasteiger partial charge in [-0.25, -0.2) is 19.7 Å². The molecule has 0 aliphatic carbocycles. The average Bonchev–Trinajstić information content (AvgIpc) is 3.38. The quantitative estimate of drug-likeness (QED) is 0.207. The van der Waals surface area contributed by atoms with Gasteiger partial charge in [-0.3, -0.25) is 4.90 Å². The van der Waals surface area contributed by atoms with Crippen molar-refractivity contribution in [3.05, 3.63) is 58.7 Å². The molecule has 0 amide bonds. The van der Waals surface area contributed by atoms with Crippen LogP contribution in [0.15, 0.2) is 42.6 Å². The first kappa shape index (κ1) is 31.3. The van der Waals surface area contributed by atoms with E-state index >= 15 is 0 Å². The van der Waals surface area contributed by atoms with Crippen LogP contribution in [-0.4, -0.2) is 70.2 Å². The van der Waals surface area contributed by atoms with Crippen molar-refractivity contribution in [3.8, 4) is 21.8 Å². The molecular weight excluding hydrogens is 582 g/mol. The van der Waals surface area contributed by atoms with Gasteiger partial charge in [0.05, 0.1) is 22.9 Å². The number of aromatic nitrogens is 3. The molecule has 0 N–H and O–H groups in total. The molecule has 0 unspecified atom stereocenters. The predicted molar refractivity (Wildman–Crippen MR) is 175 cm³/mol. The first-order valence-electron chi connectivity index (χ1n) is 14.5. The lowest BCUT2D eigenvalue weighted by molar-refractivity contribution is -0.164. The summed E-state index contributed by atoms with van der Waals surface area (Å²) in [5, 5.41) is 1.41. The Kier molecular flexibility index (Phi) is 8.82. The number of anilines is 1. The fourth-order valence-electron chi connectivity index (χ4n) is 5.44. The van der Waals surface area contributed by atoms with E-state index in [1.807, 2.05) is 64.1 Å². The summed E-state index contributed by atoms with van der Waals surface area (Å²) in [6.07, 6.45) is 0.879. The third kappa shape index (κ3) is 6.85. The van der Waals surface area contributed by atoms with Crippen molar-refractivity contribution in [2.75, 3.05) is 38.2 Å². The van der Waals surface area contributed by atoms with Crippen molar-refractivity contribution in [3.63, 3.8) is 0 Å². The van der Waals surface area contributed by atoms with Crippen molar-refractivity contribution < 1.29 is 14.3 Å². The van der Waals surface area contributed by atoms with Gasteiger partial charge in [0.25, 0.3) is 0 Å². The fraction of sp³-hybridized carbons (Fsp3) is 0.455. The lowest BCUT2D eigenvalue weighted by Gasteiger charge is -2.42. The standard InChI is InChI=1S/C33H40ClN5O3S/c1-20-19-24-28(26(21-9-11-22(34)12-10-21)25(20)27(30(40)41-8)42-33(5,6)7)43-29(36-24)23-13-14-35-31(37-23)38-15-17-39(18-16-38)32(2,3)4/h9-14,19,27H,15-18H2,1-8H3/t27-/m0/s1. The van der Waals surface area contributed by atoms with Crippen molar-refractivity contribution in [2.45, 2.75) is 65.7 Å². The van der Waals surface area contributed by atoms with Gasteiger partial charge in [-0.15, -0.1) is 11.3 Å². The van der Waals surface area contributed by atoms with Gasteiger partial charge < -0.3 is 14.4 Å². The zero-order valence-corrected chi connectivity index (χ0v) is 27.8. The van der Waals surface area contributed by atoms with Crippen molar-refractivity contribution >= 4 is 45.1 Å². The van der Waals surface area contributed by atoms with Crippen LogP contribution >= 0.6 is 22.9 Å². The monoisotopic (exact) mass is 621 g/mol. The second-order valence-electron chi connectivity index (χ2n) is 12.9. The molecule has 2 aromatic heterocycles. The number of carbonyl (C=O) groups excluding carboxylic acids is 1. The van der Waals surface area contributed by atoms with Gasteiger partial charge in [0.2, 0.25) is 5.95 Å². The summed E-state index contributed by atoms with van der Waals surface area (Å²) < 4.78 is 12.5. The SMILES string of the molecule is COC(=O)[C@@H](OC(C)(C)C)c1c(C)cc2nc(-c3ccnc(N4CCN(C(C)(C)C)CC4)n3)sc2c1-c1ccc(Cl)cc1. The van der Waals surface area contributed by atoms with Gasteiger partial charge in [-0.2, -0.15) is 0 Å². The van der Waals surface area contributed by atoms with Crippen molar-refractivity contribution in [1.82, 2.24) is 19.9 Å². The van der Waals surface area contributed by atoms with E-state index in [1.54, 1.807) is 17.5 Å².